The molecule has 2 aromatic rings. The van der Waals surface area contributed by atoms with Gasteiger partial charge in [-0.05, 0) is 61.5 Å². The van der Waals surface area contributed by atoms with E-state index in [4.69, 9.17) is 0 Å². The van der Waals surface area contributed by atoms with Crippen LogP contribution in [0.1, 0.15) is 81.1 Å². The maximum atomic E-state index is 4.61. The van der Waals surface area contributed by atoms with Crippen molar-refractivity contribution in [3.05, 3.63) is 60.7 Å². The summed E-state index contributed by atoms with van der Waals surface area (Å²) in [6.45, 7) is 20.0. The molecule has 2 fully saturated rings. The van der Waals surface area contributed by atoms with Gasteiger partial charge in [0.1, 0.15) is 10.6 Å². The van der Waals surface area contributed by atoms with Crippen molar-refractivity contribution in [1.82, 2.24) is 0 Å². The number of halogens is 1. The zero-order valence-corrected chi connectivity index (χ0v) is 28.9. The fraction of sp³-hybridized carbons (Fsp3) is 0.625. The van der Waals surface area contributed by atoms with Gasteiger partial charge in [-0.3, -0.25) is 0 Å². The van der Waals surface area contributed by atoms with Crippen molar-refractivity contribution < 1.29 is 18.8 Å². The maximum Gasteiger partial charge on any atom is -0.171 e. The summed E-state index contributed by atoms with van der Waals surface area (Å²) in [5.74, 6) is 3.36. The second-order valence-corrected chi connectivity index (χ2v) is 18.0. The number of hydrogen-bond donors (Lipinski definition) is 0. The van der Waals surface area contributed by atoms with Gasteiger partial charge in [0, 0.05) is 15.8 Å². The first-order valence-electron chi connectivity index (χ1n) is 14.1. The molecule has 4 rings (SSSR count). The molecule has 204 valence electrons. The topological polar surface area (TPSA) is 0 Å². The zero-order valence-electron chi connectivity index (χ0n) is 23.8. The second-order valence-electron chi connectivity index (χ2n) is 12.1. The third-order valence-corrected chi connectivity index (χ3v) is 17.9. The predicted octanol–water partition coefficient (Wildman–Crippen LogP) is 9.23. The van der Waals surface area contributed by atoms with E-state index in [0.717, 1.165) is 46.3 Å². The molecule has 0 saturated carbocycles. The molecule has 0 aromatic heterocycles. The molecule has 4 atom stereocenters. The maximum absolute atomic E-state index is 4.61. The van der Waals surface area contributed by atoms with Crippen LogP contribution in [0.2, 0.25) is 0 Å². The Bertz CT molecular complexity index is 741. The van der Waals surface area contributed by atoms with Crippen LogP contribution in [0.5, 0.6) is 0 Å². The first-order chi connectivity index (χ1) is 17.2. The Morgan fingerprint density at radius 3 is 1.08 bits per heavy atom. The van der Waals surface area contributed by atoms with Crippen molar-refractivity contribution in [2.24, 2.45) is 23.7 Å². The van der Waals surface area contributed by atoms with E-state index in [2.05, 4.69) is 95.1 Å². The Balaban J connectivity index is 0.000000491. The molecule has 0 N–H and O–H groups in total. The summed E-state index contributed by atoms with van der Waals surface area (Å²) in [6, 6.07) is 22.4. The Morgan fingerprint density at radius 1 is 0.583 bits per heavy atom. The van der Waals surface area contributed by atoms with E-state index in [1.54, 1.807) is 18.8 Å². The van der Waals surface area contributed by atoms with E-state index in [1.165, 1.54) is 25.7 Å². The van der Waals surface area contributed by atoms with Crippen LogP contribution in [0.4, 0.5) is 0 Å². The molecule has 0 nitrogen and oxygen atoms in total. The van der Waals surface area contributed by atoms with E-state index in [9.17, 15) is 0 Å². The van der Waals surface area contributed by atoms with Crippen LogP contribution >= 0.6 is 25.3 Å². The minimum absolute atomic E-state index is 0.503. The van der Waals surface area contributed by atoms with Crippen molar-refractivity contribution in [3.8, 4) is 0 Å². The number of hydrogen-bond acceptors (Lipinski definition) is 0. The Morgan fingerprint density at radius 2 is 0.889 bits per heavy atom. The van der Waals surface area contributed by atoms with Crippen molar-refractivity contribution in [3.63, 3.8) is 0 Å². The first kappa shape index (κ1) is 32.5. The van der Waals surface area contributed by atoms with Crippen LogP contribution in [-0.2, 0) is 18.8 Å². The normalized spacial score (nSPS) is 24.8. The number of rotatable bonds is 6. The van der Waals surface area contributed by atoms with Crippen LogP contribution in [0, 0.1) is 29.7 Å². The van der Waals surface area contributed by atoms with Gasteiger partial charge in [0.15, 0.2) is 0 Å². The molecule has 2 aliphatic heterocycles. The van der Waals surface area contributed by atoms with Gasteiger partial charge in [0.05, 0.1) is 22.6 Å². The quantitative estimate of drug-likeness (QED) is 0.206. The van der Waals surface area contributed by atoms with E-state index >= 15 is 0 Å². The summed E-state index contributed by atoms with van der Waals surface area (Å²) in [6.07, 6.45) is 5.91. The summed E-state index contributed by atoms with van der Waals surface area (Å²) >= 11 is 1.61. The van der Waals surface area contributed by atoms with Gasteiger partial charge in [-0.25, -0.2) is 0 Å². The van der Waals surface area contributed by atoms with Gasteiger partial charge in [-0.2, -0.15) is 36.4 Å². The molecule has 2 aromatic carbocycles. The van der Waals surface area contributed by atoms with Crippen molar-refractivity contribution in [1.29, 1.82) is 0 Å². The fourth-order valence-corrected chi connectivity index (χ4v) is 16.5. The first-order valence-corrected chi connectivity index (χ1v) is 20.2. The summed E-state index contributed by atoms with van der Waals surface area (Å²) < 4.78 is 0. The summed E-state index contributed by atoms with van der Waals surface area (Å²) in [7, 11) is 3.60. The zero-order chi connectivity index (χ0) is 26.8. The van der Waals surface area contributed by atoms with Crippen LogP contribution < -0.4 is 10.6 Å². The van der Waals surface area contributed by atoms with Crippen molar-refractivity contribution in [2.75, 3.05) is 0 Å². The Labute approximate surface area is 241 Å². The molecule has 2 saturated heterocycles. The van der Waals surface area contributed by atoms with Gasteiger partial charge in [0.2, 0.25) is 0 Å². The molecule has 0 spiro atoms. The van der Waals surface area contributed by atoms with E-state index < -0.39 is 15.8 Å². The molecule has 2 heterocycles. The second kappa shape index (κ2) is 16.4. The molecule has 0 aliphatic carbocycles. The monoisotopic (exact) mass is 727 g/mol. The van der Waals surface area contributed by atoms with Crippen LogP contribution in [0.3, 0.4) is 0 Å². The summed E-state index contributed by atoms with van der Waals surface area (Å²) in [5.41, 5.74) is 3.88. The van der Waals surface area contributed by atoms with Crippen LogP contribution in [0.15, 0.2) is 54.6 Å². The molecule has 4 heteroatoms. The molecular formula is C32H51ClP2Pt+2. The van der Waals surface area contributed by atoms with Crippen LogP contribution in [-0.4, -0.2) is 22.6 Å². The third kappa shape index (κ3) is 8.39. The molecule has 36 heavy (non-hydrogen) atoms. The molecule has 2 aliphatic rings. The minimum Gasteiger partial charge on any atom is -0.184 e. The smallest absolute Gasteiger partial charge is 0.171 e. The molecular weight excluding hydrogens is 677 g/mol. The van der Waals surface area contributed by atoms with E-state index in [1.807, 2.05) is 40.9 Å². The molecule has 0 unspecified atom stereocenters. The third-order valence-electron chi connectivity index (χ3n) is 8.55. The van der Waals surface area contributed by atoms with E-state index in [0.29, 0.717) is 0 Å². The standard InChI is InChI=1S/C26H44P2.C6H5.ClH.Pt/c1-17(2)21-13-14-22(18(3)4)27(21)25-11-9-10-12-26(25)28-23(19(5)6)15-16-24(28)20(7)8;1-2-4-6-5-3-1;;/h9-12,17-24H,13-16H2,1-8H3;1-5H;1H;/q;-1;;+2/p+1/t21-,22-,23-,24-;;;/m1.../s1. The fourth-order valence-electron chi connectivity index (χ4n) is 6.79. The molecule has 0 amide bonds. The summed E-state index contributed by atoms with van der Waals surface area (Å²) in [5, 5.41) is 3.77. The van der Waals surface area contributed by atoms with Crippen LogP contribution in [0.25, 0.3) is 0 Å². The predicted molar refractivity (Wildman–Crippen MR) is 166 cm³/mol. The minimum atomic E-state index is -0.503. The Kier molecular flexibility index (Phi) is 14.8. The Hall–Kier alpha value is 0.278. The SMILES string of the molecule is CC(C)[C@H]1CC[C@H](C(C)C)[PH+]1c1ccccc1[PH+]1[C@@H](C(C)C)CC[C@@H]1C(C)C.[Cl][Pt+].[c-]1ccccc1. The van der Waals surface area contributed by atoms with Crippen molar-refractivity contribution >= 4 is 35.9 Å². The molecule has 0 bridgehead atoms. The van der Waals surface area contributed by atoms with Gasteiger partial charge >= 0.3 is 28.2 Å². The average molecular weight is 728 g/mol. The average Bonchev–Trinajstić information content (AvgIpc) is 3.52. The van der Waals surface area contributed by atoms with Gasteiger partial charge in [-0.1, -0.05) is 67.5 Å². The largest absolute Gasteiger partial charge is 0.184 e. The summed E-state index contributed by atoms with van der Waals surface area (Å²) in [4.78, 5) is 0. The van der Waals surface area contributed by atoms with E-state index in [-0.39, 0.29) is 0 Å². The molecule has 0 radical (unpaired) electrons. The van der Waals surface area contributed by atoms with Gasteiger partial charge in [0.25, 0.3) is 0 Å². The van der Waals surface area contributed by atoms with Gasteiger partial charge in [-0.15, -0.1) is 0 Å². The van der Waals surface area contributed by atoms with Crippen molar-refractivity contribution in [2.45, 2.75) is 104 Å². The number of benzene rings is 2. The van der Waals surface area contributed by atoms with Gasteiger partial charge < -0.3 is 0 Å².